The molecular formula is C17H18F3N. The summed E-state index contributed by atoms with van der Waals surface area (Å²) in [4.78, 5) is 0. The van der Waals surface area contributed by atoms with Crippen LogP contribution in [0.2, 0.25) is 0 Å². The van der Waals surface area contributed by atoms with Crippen LogP contribution in [-0.2, 0) is 6.54 Å². The third-order valence-electron chi connectivity index (χ3n) is 3.32. The Morgan fingerprint density at radius 3 is 2.24 bits per heavy atom. The number of nitrogens with one attached hydrogen (secondary N) is 1. The average molecular weight is 293 g/mol. The molecule has 0 bridgehead atoms. The Labute approximate surface area is 122 Å². The van der Waals surface area contributed by atoms with E-state index in [-0.39, 0.29) is 5.56 Å². The molecule has 21 heavy (non-hydrogen) atoms. The highest BCUT2D eigenvalue weighted by Gasteiger charge is 2.15. The fourth-order valence-corrected chi connectivity index (χ4v) is 2.33. The molecule has 0 aliphatic rings. The number of hydrogen-bond acceptors (Lipinski definition) is 1. The Bertz CT molecular complexity index is 615. The topological polar surface area (TPSA) is 12.0 Å². The number of aryl methyl sites for hydroxylation is 1. The molecule has 0 heterocycles. The van der Waals surface area contributed by atoms with Crippen molar-refractivity contribution < 1.29 is 13.2 Å². The van der Waals surface area contributed by atoms with Crippen LogP contribution in [0, 0.1) is 24.4 Å². The van der Waals surface area contributed by atoms with Gasteiger partial charge in [-0.1, -0.05) is 25.1 Å². The second-order valence-corrected chi connectivity index (χ2v) is 5.07. The van der Waals surface area contributed by atoms with E-state index in [2.05, 4.69) is 12.2 Å². The fraction of sp³-hybridized carbons (Fsp3) is 0.294. The van der Waals surface area contributed by atoms with Gasteiger partial charge in [-0.15, -0.1) is 0 Å². The minimum atomic E-state index is -0.910. The summed E-state index contributed by atoms with van der Waals surface area (Å²) < 4.78 is 40.6. The van der Waals surface area contributed by atoms with Crippen molar-refractivity contribution in [2.45, 2.75) is 26.8 Å². The van der Waals surface area contributed by atoms with Crippen LogP contribution in [0.3, 0.4) is 0 Å². The van der Waals surface area contributed by atoms with E-state index >= 15 is 0 Å². The summed E-state index contributed by atoms with van der Waals surface area (Å²) in [5.74, 6) is -2.67. The summed E-state index contributed by atoms with van der Waals surface area (Å²) >= 11 is 0. The Balaban J connectivity index is 2.33. The molecule has 0 spiro atoms. The van der Waals surface area contributed by atoms with Crippen LogP contribution < -0.4 is 5.32 Å². The molecule has 1 N–H and O–H groups in total. The van der Waals surface area contributed by atoms with E-state index in [1.807, 2.05) is 12.1 Å². The van der Waals surface area contributed by atoms with Crippen LogP contribution in [0.15, 0.2) is 30.3 Å². The van der Waals surface area contributed by atoms with Crippen LogP contribution >= 0.6 is 0 Å². The predicted molar refractivity (Wildman–Crippen MR) is 78.5 cm³/mol. The van der Waals surface area contributed by atoms with Gasteiger partial charge in [0.05, 0.1) is 5.56 Å². The second kappa shape index (κ2) is 6.76. The summed E-state index contributed by atoms with van der Waals surface area (Å²) in [5.41, 5.74) is 2.08. The van der Waals surface area contributed by atoms with Gasteiger partial charge in [0.15, 0.2) is 0 Å². The van der Waals surface area contributed by atoms with Crippen LogP contribution in [0.4, 0.5) is 13.2 Å². The zero-order valence-corrected chi connectivity index (χ0v) is 12.1. The molecule has 2 aromatic rings. The van der Waals surface area contributed by atoms with Gasteiger partial charge in [0.2, 0.25) is 0 Å². The lowest BCUT2D eigenvalue weighted by Gasteiger charge is -2.11. The minimum absolute atomic E-state index is 0.179. The van der Waals surface area contributed by atoms with Gasteiger partial charge in [0, 0.05) is 18.7 Å². The first-order valence-corrected chi connectivity index (χ1v) is 6.98. The summed E-state index contributed by atoms with van der Waals surface area (Å²) in [6, 6.07) is 6.80. The van der Waals surface area contributed by atoms with Gasteiger partial charge in [-0.3, -0.25) is 0 Å². The van der Waals surface area contributed by atoms with E-state index < -0.39 is 17.5 Å². The third-order valence-corrected chi connectivity index (χ3v) is 3.32. The number of halogens is 3. The molecule has 2 aromatic carbocycles. The van der Waals surface area contributed by atoms with Crippen LogP contribution in [0.1, 0.15) is 24.5 Å². The number of benzene rings is 2. The normalized spacial score (nSPS) is 10.9. The van der Waals surface area contributed by atoms with Crippen molar-refractivity contribution in [3.8, 4) is 11.1 Å². The lowest BCUT2D eigenvalue weighted by molar-refractivity contribution is 0.548. The molecule has 0 saturated heterocycles. The minimum Gasteiger partial charge on any atom is -0.313 e. The molecule has 0 radical (unpaired) electrons. The molecule has 0 saturated carbocycles. The lowest BCUT2D eigenvalue weighted by atomic mass is 9.97. The Hall–Kier alpha value is -1.81. The molecule has 4 heteroatoms. The SMILES string of the molecule is CCCNCc1ccc(-c2c(F)cc(F)cc2F)c(C)c1. The predicted octanol–water partition coefficient (Wildman–Crippen LogP) is 4.58. The quantitative estimate of drug-likeness (QED) is 0.796. The highest BCUT2D eigenvalue weighted by molar-refractivity contribution is 5.68. The zero-order valence-electron chi connectivity index (χ0n) is 12.1. The average Bonchev–Trinajstić information content (AvgIpc) is 2.40. The van der Waals surface area contributed by atoms with E-state index in [0.717, 1.165) is 24.1 Å². The molecule has 0 fully saturated rings. The lowest BCUT2D eigenvalue weighted by Crippen LogP contribution is -2.13. The first-order chi connectivity index (χ1) is 10.0. The molecule has 112 valence electrons. The number of rotatable bonds is 5. The van der Waals surface area contributed by atoms with Crippen molar-refractivity contribution in [2.24, 2.45) is 0 Å². The van der Waals surface area contributed by atoms with E-state index in [0.29, 0.717) is 24.2 Å². The van der Waals surface area contributed by atoms with E-state index in [9.17, 15) is 13.2 Å². The van der Waals surface area contributed by atoms with Gasteiger partial charge in [-0.2, -0.15) is 0 Å². The van der Waals surface area contributed by atoms with Crippen molar-refractivity contribution in [3.05, 3.63) is 58.9 Å². The molecular weight excluding hydrogens is 275 g/mol. The van der Waals surface area contributed by atoms with Gasteiger partial charge in [0.25, 0.3) is 0 Å². The van der Waals surface area contributed by atoms with E-state index in [1.165, 1.54) is 0 Å². The molecule has 2 rings (SSSR count). The molecule has 0 atom stereocenters. The molecule has 1 nitrogen and oxygen atoms in total. The van der Waals surface area contributed by atoms with Gasteiger partial charge in [-0.05, 0) is 36.6 Å². The zero-order chi connectivity index (χ0) is 15.4. The third kappa shape index (κ3) is 3.64. The van der Waals surface area contributed by atoms with Gasteiger partial charge < -0.3 is 5.32 Å². The van der Waals surface area contributed by atoms with Crippen molar-refractivity contribution in [1.82, 2.24) is 5.32 Å². The Morgan fingerprint density at radius 1 is 1.00 bits per heavy atom. The summed E-state index contributed by atoms with van der Waals surface area (Å²) in [6.45, 7) is 5.51. The fourth-order valence-electron chi connectivity index (χ4n) is 2.33. The van der Waals surface area contributed by atoms with Crippen molar-refractivity contribution in [3.63, 3.8) is 0 Å². The molecule has 0 aliphatic carbocycles. The standard InChI is InChI=1S/C17H18F3N/c1-3-6-21-10-12-4-5-14(11(2)7-12)17-15(19)8-13(18)9-16(17)20/h4-5,7-9,21H,3,6,10H2,1-2H3. The highest BCUT2D eigenvalue weighted by Crippen LogP contribution is 2.30. The van der Waals surface area contributed by atoms with Crippen LogP contribution in [0.5, 0.6) is 0 Å². The molecule has 0 unspecified atom stereocenters. The maximum Gasteiger partial charge on any atom is 0.136 e. The molecule has 0 amide bonds. The monoisotopic (exact) mass is 293 g/mol. The summed E-state index contributed by atoms with van der Waals surface area (Å²) in [6.07, 6.45) is 1.04. The van der Waals surface area contributed by atoms with Crippen molar-refractivity contribution >= 4 is 0 Å². The second-order valence-electron chi connectivity index (χ2n) is 5.07. The molecule has 0 aromatic heterocycles. The summed E-state index contributed by atoms with van der Waals surface area (Å²) in [5, 5.41) is 3.27. The first-order valence-electron chi connectivity index (χ1n) is 6.98. The van der Waals surface area contributed by atoms with Crippen molar-refractivity contribution in [2.75, 3.05) is 6.54 Å². The van der Waals surface area contributed by atoms with Crippen LogP contribution in [0.25, 0.3) is 11.1 Å². The van der Waals surface area contributed by atoms with E-state index in [4.69, 9.17) is 0 Å². The maximum absolute atomic E-state index is 13.8. The largest absolute Gasteiger partial charge is 0.313 e. The highest BCUT2D eigenvalue weighted by atomic mass is 19.1. The Morgan fingerprint density at radius 2 is 1.67 bits per heavy atom. The van der Waals surface area contributed by atoms with E-state index in [1.54, 1.807) is 13.0 Å². The smallest absolute Gasteiger partial charge is 0.136 e. The first kappa shape index (κ1) is 15.6. The number of hydrogen-bond donors (Lipinski definition) is 1. The maximum atomic E-state index is 13.8. The van der Waals surface area contributed by atoms with Crippen LogP contribution in [-0.4, -0.2) is 6.54 Å². The van der Waals surface area contributed by atoms with Gasteiger partial charge in [-0.25, -0.2) is 13.2 Å². The van der Waals surface area contributed by atoms with Crippen molar-refractivity contribution in [1.29, 1.82) is 0 Å². The Kier molecular flexibility index (Phi) is 5.02. The van der Waals surface area contributed by atoms with Gasteiger partial charge in [0.1, 0.15) is 17.5 Å². The summed E-state index contributed by atoms with van der Waals surface area (Å²) in [7, 11) is 0. The molecule has 0 aliphatic heterocycles. The van der Waals surface area contributed by atoms with Gasteiger partial charge >= 0.3 is 0 Å².